The average molecular weight is 425 g/mol. The van der Waals surface area contributed by atoms with E-state index in [-0.39, 0.29) is 24.0 Å². The molecule has 5 heteroatoms. The number of amides is 1. The summed E-state index contributed by atoms with van der Waals surface area (Å²) < 4.78 is 11.0. The molecule has 2 aromatic rings. The van der Waals surface area contributed by atoms with Crippen molar-refractivity contribution in [3.8, 4) is 11.5 Å². The van der Waals surface area contributed by atoms with Crippen molar-refractivity contribution in [2.45, 2.75) is 51.5 Å². The Morgan fingerprint density at radius 2 is 1.58 bits per heavy atom. The first-order chi connectivity index (χ1) is 14.9. The summed E-state index contributed by atoms with van der Waals surface area (Å²) in [6.45, 7) is 9.24. The van der Waals surface area contributed by atoms with E-state index in [2.05, 4.69) is 55.3 Å². The molecule has 1 heterocycles. The Bertz CT molecular complexity index is 819. The summed E-state index contributed by atoms with van der Waals surface area (Å²) in [4.78, 5) is 15.0. The zero-order chi connectivity index (χ0) is 22.3. The van der Waals surface area contributed by atoms with Crippen molar-refractivity contribution in [1.29, 1.82) is 0 Å². The van der Waals surface area contributed by atoms with Gasteiger partial charge in [-0.15, -0.1) is 0 Å². The monoisotopic (exact) mass is 424 g/mol. The molecule has 1 unspecified atom stereocenters. The van der Waals surface area contributed by atoms with Gasteiger partial charge >= 0.3 is 0 Å². The number of ether oxygens (including phenoxy) is 2. The van der Waals surface area contributed by atoms with Crippen molar-refractivity contribution in [3.63, 3.8) is 0 Å². The molecule has 0 bridgehead atoms. The highest BCUT2D eigenvalue weighted by atomic mass is 16.5. The average Bonchev–Trinajstić information content (AvgIpc) is 2.78. The van der Waals surface area contributed by atoms with Gasteiger partial charge in [-0.1, -0.05) is 51.5 Å². The van der Waals surface area contributed by atoms with E-state index in [9.17, 15) is 4.79 Å². The van der Waals surface area contributed by atoms with Crippen molar-refractivity contribution in [2.24, 2.45) is 0 Å². The van der Waals surface area contributed by atoms with E-state index < -0.39 is 0 Å². The lowest BCUT2D eigenvalue weighted by atomic mass is 9.87. The Balaban J connectivity index is 1.56. The molecule has 1 aliphatic rings. The van der Waals surface area contributed by atoms with Crippen LogP contribution in [0.2, 0.25) is 0 Å². The van der Waals surface area contributed by atoms with Gasteiger partial charge in [-0.3, -0.25) is 9.69 Å². The first-order valence-electron chi connectivity index (χ1n) is 11.2. The van der Waals surface area contributed by atoms with Gasteiger partial charge in [0.2, 0.25) is 0 Å². The van der Waals surface area contributed by atoms with Gasteiger partial charge in [-0.25, -0.2) is 0 Å². The minimum Gasteiger partial charge on any atom is -0.497 e. The van der Waals surface area contributed by atoms with Gasteiger partial charge in [0.05, 0.1) is 13.2 Å². The smallest absolute Gasteiger partial charge is 0.258 e. The molecular weight excluding hydrogens is 388 g/mol. The topological polar surface area (TPSA) is 50.8 Å². The fraction of sp³-hybridized carbons (Fsp3) is 0.500. The zero-order valence-electron chi connectivity index (χ0n) is 19.3. The molecule has 1 saturated heterocycles. The first-order valence-corrected chi connectivity index (χ1v) is 11.2. The molecule has 1 fully saturated rings. The van der Waals surface area contributed by atoms with Gasteiger partial charge in [-0.05, 0) is 66.7 Å². The summed E-state index contributed by atoms with van der Waals surface area (Å²) in [6.07, 6.45) is 3.68. The number of hydrogen-bond acceptors (Lipinski definition) is 4. The first kappa shape index (κ1) is 23.1. The van der Waals surface area contributed by atoms with E-state index in [0.29, 0.717) is 12.3 Å². The van der Waals surface area contributed by atoms with Gasteiger partial charge in [0.15, 0.2) is 6.61 Å². The maximum atomic E-state index is 12.5. The SMILES string of the molecule is COc1ccc(C(CNC(=O)COc2ccc(C(C)(C)C)cc2)N2CCCCC2)cc1. The number of benzene rings is 2. The fourth-order valence-electron chi connectivity index (χ4n) is 3.98. The number of methoxy groups -OCH3 is 1. The van der Waals surface area contributed by atoms with E-state index in [1.54, 1.807) is 7.11 Å². The Morgan fingerprint density at radius 1 is 0.968 bits per heavy atom. The van der Waals surface area contributed by atoms with E-state index in [1.165, 1.54) is 30.4 Å². The molecule has 0 aliphatic carbocycles. The standard InChI is InChI=1S/C26H36N2O3/c1-26(2,3)21-10-14-23(15-11-21)31-19-25(29)27-18-24(28-16-6-5-7-17-28)20-8-12-22(30-4)13-9-20/h8-15,24H,5-7,16-19H2,1-4H3,(H,27,29). The summed E-state index contributed by atoms with van der Waals surface area (Å²) in [5.74, 6) is 1.46. The van der Waals surface area contributed by atoms with Crippen LogP contribution in [0.1, 0.15) is 57.2 Å². The maximum absolute atomic E-state index is 12.5. The third-order valence-electron chi connectivity index (χ3n) is 5.91. The Labute approximate surface area is 186 Å². The van der Waals surface area contributed by atoms with Gasteiger partial charge < -0.3 is 14.8 Å². The molecule has 1 N–H and O–H groups in total. The van der Waals surface area contributed by atoms with Crippen LogP contribution in [0.15, 0.2) is 48.5 Å². The quantitative estimate of drug-likeness (QED) is 0.666. The molecule has 2 aromatic carbocycles. The van der Waals surface area contributed by atoms with Gasteiger partial charge in [0.25, 0.3) is 5.91 Å². The Hall–Kier alpha value is -2.53. The highest BCUT2D eigenvalue weighted by Crippen LogP contribution is 2.26. The third-order valence-corrected chi connectivity index (χ3v) is 5.91. The Kier molecular flexibility index (Phi) is 7.97. The van der Waals surface area contributed by atoms with Crippen LogP contribution < -0.4 is 14.8 Å². The number of nitrogens with one attached hydrogen (secondary N) is 1. The molecule has 1 aliphatic heterocycles. The van der Waals surface area contributed by atoms with Crippen molar-refractivity contribution in [2.75, 3.05) is 33.4 Å². The predicted molar refractivity (Wildman–Crippen MR) is 125 cm³/mol. The number of likely N-dealkylation sites (tertiary alicyclic amines) is 1. The van der Waals surface area contributed by atoms with Gasteiger partial charge in [0.1, 0.15) is 11.5 Å². The molecule has 1 amide bonds. The van der Waals surface area contributed by atoms with Crippen LogP contribution in [0.25, 0.3) is 0 Å². The summed E-state index contributed by atoms with van der Waals surface area (Å²) in [6, 6.07) is 16.3. The summed E-state index contributed by atoms with van der Waals surface area (Å²) >= 11 is 0. The lowest BCUT2D eigenvalue weighted by molar-refractivity contribution is -0.123. The number of rotatable bonds is 8. The highest BCUT2D eigenvalue weighted by Gasteiger charge is 2.23. The molecule has 0 saturated carbocycles. The third kappa shape index (κ3) is 6.73. The second-order valence-corrected chi connectivity index (χ2v) is 9.25. The highest BCUT2D eigenvalue weighted by molar-refractivity contribution is 5.77. The van der Waals surface area contributed by atoms with Crippen LogP contribution in [-0.2, 0) is 10.2 Å². The maximum Gasteiger partial charge on any atom is 0.258 e. The largest absolute Gasteiger partial charge is 0.497 e. The van der Waals surface area contributed by atoms with E-state index in [1.807, 2.05) is 24.3 Å². The zero-order valence-corrected chi connectivity index (χ0v) is 19.3. The lowest BCUT2D eigenvalue weighted by Gasteiger charge is -2.35. The second-order valence-electron chi connectivity index (χ2n) is 9.25. The van der Waals surface area contributed by atoms with Gasteiger partial charge in [0, 0.05) is 6.54 Å². The van der Waals surface area contributed by atoms with E-state index in [4.69, 9.17) is 9.47 Å². The molecule has 31 heavy (non-hydrogen) atoms. The Morgan fingerprint density at radius 3 is 2.16 bits per heavy atom. The lowest BCUT2D eigenvalue weighted by Crippen LogP contribution is -2.41. The van der Waals surface area contributed by atoms with Crippen LogP contribution in [0.3, 0.4) is 0 Å². The van der Waals surface area contributed by atoms with E-state index in [0.717, 1.165) is 18.8 Å². The number of hydrogen-bond donors (Lipinski definition) is 1. The van der Waals surface area contributed by atoms with Crippen molar-refractivity contribution < 1.29 is 14.3 Å². The van der Waals surface area contributed by atoms with Crippen molar-refractivity contribution >= 4 is 5.91 Å². The molecular formula is C26H36N2O3. The van der Waals surface area contributed by atoms with E-state index >= 15 is 0 Å². The van der Waals surface area contributed by atoms with Crippen LogP contribution in [0.4, 0.5) is 0 Å². The molecule has 5 nitrogen and oxygen atoms in total. The summed E-state index contributed by atoms with van der Waals surface area (Å²) in [5.41, 5.74) is 2.54. The molecule has 0 spiro atoms. The summed E-state index contributed by atoms with van der Waals surface area (Å²) in [7, 11) is 1.67. The number of carbonyl (C=O) groups excluding carboxylic acids is 1. The predicted octanol–water partition coefficient (Wildman–Crippen LogP) is 4.71. The molecule has 168 valence electrons. The minimum atomic E-state index is -0.101. The second kappa shape index (κ2) is 10.7. The number of nitrogens with zero attached hydrogens (tertiary/aromatic N) is 1. The molecule has 0 radical (unpaired) electrons. The molecule has 1 atom stereocenters. The van der Waals surface area contributed by atoms with Crippen molar-refractivity contribution in [3.05, 3.63) is 59.7 Å². The molecule has 3 rings (SSSR count). The number of carbonyl (C=O) groups is 1. The van der Waals surface area contributed by atoms with Crippen LogP contribution in [0.5, 0.6) is 11.5 Å². The van der Waals surface area contributed by atoms with Gasteiger partial charge in [-0.2, -0.15) is 0 Å². The number of piperidine rings is 1. The van der Waals surface area contributed by atoms with Crippen molar-refractivity contribution in [1.82, 2.24) is 10.2 Å². The van der Waals surface area contributed by atoms with Crippen LogP contribution in [0, 0.1) is 0 Å². The minimum absolute atomic E-state index is 0.0181. The summed E-state index contributed by atoms with van der Waals surface area (Å²) in [5, 5.41) is 3.08. The fourth-order valence-corrected chi connectivity index (χ4v) is 3.98. The van der Waals surface area contributed by atoms with Crippen LogP contribution in [-0.4, -0.2) is 44.2 Å². The normalized spacial score (nSPS) is 15.9. The molecule has 0 aromatic heterocycles. The van der Waals surface area contributed by atoms with Crippen LogP contribution >= 0.6 is 0 Å².